The van der Waals surface area contributed by atoms with Gasteiger partial charge in [0.15, 0.2) is 0 Å². The lowest BCUT2D eigenvalue weighted by Crippen LogP contribution is -2.36. The molecule has 1 aliphatic heterocycles. The molecule has 0 bridgehead atoms. The van der Waals surface area contributed by atoms with Crippen LogP contribution in [0.1, 0.15) is 52.4 Å². The van der Waals surface area contributed by atoms with Crippen molar-refractivity contribution in [1.82, 2.24) is 10.6 Å². The van der Waals surface area contributed by atoms with Crippen LogP contribution >= 0.6 is 0 Å². The molecule has 2 heteroatoms. The topological polar surface area (TPSA) is 24.1 Å². The second kappa shape index (κ2) is 8.12. The van der Waals surface area contributed by atoms with E-state index in [2.05, 4.69) is 24.5 Å². The lowest BCUT2D eigenvalue weighted by molar-refractivity contribution is 0.406. The largest absolute Gasteiger partial charge is 0.315 e. The molecule has 0 aromatic rings. The Morgan fingerprint density at radius 1 is 1.40 bits per heavy atom. The predicted molar refractivity (Wildman–Crippen MR) is 67.2 cm³/mol. The fraction of sp³-hybridized carbons (Fsp3) is 1.00. The number of unbranched alkanes of at least 4 members (excludes halogenated alkanes) is 1. The highest BCUT2D eigenvalue weighted by atomic mass is 15.0. The molecule has 2 unspecified atom stereocenters. The van der Waals surface area contributed by atoms with Crippen LogP contribution in [0.2, 0.25) is 0 Å². The molecule has 2 nitrogen and oxygen atoms in total. The molecule has 2 atom stereocenters. The van der Waals surface area contributed by atoms with Crippen LogP contribution in [0.3, 0.4) is 0 Å². The molecule has 1 rings (SSSR count). The second-order valence-electron chi connectivity index (χ2n) is 4.87. The molecular formula is C13H28N2. The van der Waals surface area contributed by atoms with Crippen molar-refractivity contribution in [2.75, 3.05) is 19.6 Å². The molecular weight excluding hydrogens is 184 g/mol. The minimum Gasteiger partial charge on any atom is -0.315 e. The van der Waals surface area contributed by atoms with Crippen LogP contribution in [0.25, 0.3) is 0 Å². The van der Waals surface area contributed by atoms with E-state index in [-0.39, 0.29) is 0 Å². The Bertz CT molecular complexity index is 141. The van der Waals surface area contributed by atoms with Crippen molar-refractivity contribution in [3.63, 3.8) is 0 Å². The molecule has 90 valence electrons. The van der Waals surface area contributed by atoms with Gasteiger partial charge in [-0.25, -0.2) is 0 Å². The van der Waals surface area contributed by atoms with Crippen LogP contribution in [-0.2, 0) is 0 Å². The molecule has 2 N–H and O–H groups in total. The molecule has 1 fully saturated rings. The molecule has 15 heavy (non-hydrogen) atoms. The van der Waals surface area contributed by atoms with Gasteiger partial charge in [0.2, 0.25) is 0 Å². The Hall–Kier alpha value is -0.0800. The SMILES string of the molecule is CCCCC(CC)CNCC1CCCN1. The average molecular weight is 212 g/mol. The first kappa shape index (κ1) is 13.0. The van der Waals surface area contributed by atoms with Crippen molar-refractivity contribution < 1.29 is 0 Å². The van der Waals surface area contributed by atoms with Crippen LogP contribution < -0.4 is 10.6 Å². The number of hydrogen-bond donors (Lipinski definition) is 2. The van der Waals surface area contributed by atoms with E-state index in [1.807, 2.05) is 0 Å². The molecule has 1 saturated heterocycles. The van der Waals surface area contributed by atoms with E-state index >= 15 is 0 Å². The van der Waals surface area contributed by atoms with Gasteiger partial charge in [-0.2, -0.15) is 0 Å². The monoisotopic (exact) mass is 212 g/mol. The molecule has 0 aromatic heterocycles. The van der Waals surface area contributed by atoms with Crippen LogP contribution in [0.4, 0.5) is 0 Å². The third-order valence-electron chi connectivity index (χ3n) is 3.53. The molecule has 0 aromatic carbocycles. The van der Waals surface area contributed by atoms with Crippen molar-refractivity contribution in [3.05, 3.63) is 0 Å². The summed E-state index contributed by atoms with van der Waals surface area (Å²) in [6.45, 7) is 8.20. The first-order valence-corrected chi connectivity index (χ1v) is 6.80. The molecule has 1 heterocycles. The van der Waals surface area contributed by atoms with Gasteiger partial charge < -0.3 is 10.6 Å². The highest BCUT2D eigenvalue weighted by Gasteiger charge is 2.13. The maximum absolute atomic E-state index is 3.62. The smallest absolute Gasteiger partial charge is 0.0192 e. The fourth-order valence-corrected chi connectivity index (χ4v) is 2.34. The van der Waals surface area contributed by atoms with Gasteiger partial charge in [-0.3, -0.25) is 0 Å². The summed E-state index contributed by atoms with van der Waals surface area (Å²) in [5.74, 6) is 0.895. The summed E-state index contributed by atoms with van der Waals surface area (Å²) in [7, 11) is 0. The summed E-state index contributed by atoms with van der Waals surface area (Å²) in [6.07, 6.45) is 8.17. The van der Waals surface area contributed by atoms with Gasteiger partial charge in [-0.15, -0.1) is 0 Å². The van der Waals surface area contributed by atoms with Crippen LogP contribution in [0, 0.1) is 5.92 Å². The van der Waals surface area contributed by atoms with Gasteiger partial charge >= 0.3 is 0 Å². The highest BCUT2D eigenvalue weighted by molar-refractivity contribution is 4.76. The maximum Gasteiger partial charge on any atom is 0.0192 e. The zero-order chi connectivity index (χ0) is 10.9. The van der Waals surface area contributed by atoms with Crippen molar-refractivity contribution in [1.29, 1.82) is 0 Å². The number of hydrogen-bond acceptors (Lipinski definition) is 2. The van der Waals surface area contributed by atoms with Crippen molar-refractivity contribution in [2.24, 2.45) is 5.92 Å². The highest BCUT2D eigenvalue weighted by Crippen LogP contribution is 2.11. The average Bonchev–Trinajstić information content (AvgIpc) is 2.76. The summed E-state index contributed by atoms with van der Waals surface area (Å²) in [4.78, 5) is 0. The molecule has 0 aliphatic carbocycles. The summed E-state index contributed by atoms with van der Waals surface area (Å²) in [6, 6.07) is 0.744. The minimum atomic E-state index is 0.744. The molecule has 0 saturated carbocycles. The molecule has 0 radical (unpaired) electrons. The van der Waals surface area contributed by atoms with Gasteiger partial charge in [-0.1, -0.05) is 33.1 Å². The van der Waals surface area contributed by atoms with Gasteiger partial charge in [0.1, 0.15) is 0 Å². The third-order valence-corrected chi connectivity index (χ3v) is 3.53. The van der Waals surface area contributed by atoms with Gasteiger partial charge in [-0.05, 0) is 38.3 Å². The van der Waals surface area contributed by atoms with E-state index in [9.17, 15) is 0 Å². The van der Waals surface area contributed by atoms with E-state index < -0.39 is 0 Å². The zero-order valence-corrected chi connectivity index (χ0v) is 10.5. The summed E-state index contributed by atoms with van der Waals surface area (Å²) >= 11 is 0. The Labute approximate surface area is 95.2 Å². The lowest BCUT2D eigenvalue weighted by atomic mass is 9.99. The van der Waals surface area contributed by atoms with E-state index in [0.717, 1.165) is 12.0 Å². The Morgan fingerprint density at radius 3 is 2.87 bits per heavy atom. The summed E-state index contributed by atoms with van der Waals surface area (Å²) < 4.78 is 0. The first-order valence-electron chi connectivity index (χ1n) is 6.80. The van der Waals surface area contributed by atoms with E-state index in [4.69, 9.17) is 0 Å². The van der Waals surface area contributed by atoms with Gasteiger partial charge in [0.05, 0.1) is 0 Å². The number of nitrogens with one attached hydrogen (secondary N) is 2. The fourth-order valence-electron chi connectivity index (χ4n) is 2.34. The quantitative estimate of drug-likeness (QED) is 0.646. The van der Waals surface area contributed by atoms with E-state index in [0.29, 0.717) is 0 Å². The Balaban J connectivity index is 2.00. The second-order valence-corrected chi connectivity index (χ2v) is 4.87. The lowest BCUT2D eigenvalue weighted by Gasteiger charge is -2.17. The molecule has 0 amide bonds. The van der Waals surface area contributed by atoms with E-state index in [1.54, 1.807) is 0 Å². The van der Waals surface area contributed by atoms with Crippen molar-refractivity contribution in [3.8, 4) is 0 Å². The predicted octanol–water partition coefficient (Wildman–Crippen LogP) is 2.54. The Morgan fingerprint density at radius 2 is 2.27 bits per heavy atom. The zero-order valence-electron chi connectivity index (χ0n) is 10.5. The third kappa shape index (κ3) is 5.53. The van der Waals surface area contributed by atoms with E-state index in [1.165, 1.54) is 58.2 Å². The normalized spacial score (nSPS) is 23.2. The number of rotatable bonds is 8. The Kier molecular flexibility index (Phi) is 7.03. The van der Waals surface area contributed by atoms with Crippen molar-refractivity contribution >= 4 is 0 Å². The van der Waals surface area contributed by atoms with Crippen LogP contribution in [0.5, 0.6) is 0 Å². The van der Waals surface area contributed by atoms with Crippen LogP contribution in [-0.4, -0.2) is 25.7 Å². The molecule has 1 aliphatic rings. The molecule has 0 spiro atoms. The first-order chi connectivity index (χ1) is 7.36. The van der Waals surface area contributed by atoms with Crippen LogP contribution in [0.15, 0.2) is 0 Å². The summed E-state index contributed by atoms with van der Waals surface area (Å²) in [5, 5.41) is 7.15. The van der Waals surface area contributed by atoms with Gasteiger partial charge in [0.25, 0.3) is 0 Å². The summed E-state index contributed by atoms with van der Waals surface area (Å²) in [5.41, 5.74) is 0. The standard InChI is InChI=1S/C13H28N2/c1-3-5-7-12(4-2)10-14-11-13-8-6-9-15-13/h12-15H,3-11H2,1-2H3. The minimum absolute atomic E-state index is 0.744. The van der Waals surface area contributed by atoms with Gasteiger partial charge in [0, 0.05) is 12.6 Å². The van der Waals surface area contributed by atoms with Crippen molar-refractivity contribution in [2.45, 2.75) is 58.4 Å². The maximum atomic E-state index is 3.62.